The predicted octanol–water partition coefficient (Wildman–Crippen LogP) is 4.17. The summed E-state index contributed by atoms with van der Waals surface area (Å²) >= 11 is 0. The summed E-state index contributed by atoms with van der Waals surface area (Å²) in [6, 6.07) is 8.71. The van der Waals surface area contributed by atoms with Crippen molar-refractivity contribution in [2.45, 2.75) is 69.2 Å². The first-order valence-electron chi connectivity index (χ1n) is 14.3. The van der Waals surface area contributed by atoms with Gasteiger partial charge in [-0.2, -0.15) is 13.2 Å². The smallest absolute Gasteiger partial charge is 0.381 e. The second kappa shape index (κ2) is 11.2. The van der Waals surface area contributed by atoms with Crippen molar-refractivity contribution in [2.24, 2.45) is 5.92 Å². The standard InChI is InChI=1S/C30H37F3N4O2/c31-30(32,33)25-6-5-20-7-11-36(16-23(20)15-25)19-28(38)35-27-18-37(26-8-12-39-13-9-26)17-24(27)14-22-4-3-21-2-1-10-34-29(21)22/h1-2,5-6,10,15,22,24,26-27H,3-4,7-9,11-14,16-19H2,(H,35,38)/t22?,24-,27?/m0/s1. The summed E-state index contributed by atoms with van der Waals surface area (Å²) < 4.78 is 45.3. The van der Waals surface area contributed by atoms with Crippen LogP contribution in [0.2, 0.25) is 0 Å². The van der Waals surface area contributed by atoms with E-state index in [1.54, 1.807) is 6.07 Å². The number of amides is 1. The second-order valence-corrected chi connectivity index (χ2v) is 11.7. The van der Waals surface area contributed by atoms with Crippen LogP contribution in [-0.2, 0) is 35.1 Å². The molecule has 2 fully saturated rings. The quantitative estimate of drug-likeness (QED) is 0.594. The Bertz CT molecular complexity index is 1180. The molecule has 3 atom stereocenters. The van der Waals surface area contributed by atoms with Crippen LogP contribution < -0.4 is 5.32 Å². The molecule has 6 rings (SSSR count). The lowest BCUT2D eigenvalue weighted by Gasteiger charge is -2.31. The topological polar surface area (TPSA) is 57.7 Å². The van der Waals surface area contributed by atoms with Gasteiger partial charge in [-0.1, -0.05) is 12.1 Å². The molecule has 0 spiro atoms. The Morgan fingerprint density at radius 2 is 1.90 bits per heavy atom. The van der Waals surface area contributed by atoms with Crippen molar-refractivity contribution in [1.82, 2.24) is 20.1 Å². The maximum atomic E-state index is 13.3. The number of alkyl halides is 3. The zero-order valence-electron chi connectivity index (χ0n) is 22.3. The zero-order chi connectivity index (χ0) is 27.0. The lowest BCUT2D eigenvalue weighted by Crippen LogP contribution is -2.47. The summed E-state index contributed by atoms with van der Waals surface area (Å²) in [5.74, 6) is 0.715. The average Bonchev–Trinajstić information content (AvgIpc) is 3.52. The van der Waals surface area contributed by atoms with Crippen molar-refractivity contribution in [3.8, 4) is 0 Å². The third-order valence-electron chi connectivity index (χ3n) is 9.18. The molecule has 1 amide bonds. The number of nitrogens with one attached hydrogen (secondary N) is 1. The van der Waals surface area contributed by atoms with Crippen LogP contribution in [0, 0.1) is 5.92 Å². The van der Waals surface area contributed by atoms with Crippen LogP contribution in [0.25, 0.3) is 0 Å². The highest BCUT2D eigenvalue weighted by Crippen LogP contribution is 2.39. The average molecular weight is 543 g/mol. The maximum Gasteiger partial charge on any atom is 0.416 e. The highest BCUT2D eigenvalue weighted by molar-refractivity contribution is 5.78. The molecule has 2 aromatic rings. The molecule has 1 aliphatic carbocycles. The third-order valence-corrected chi connectivity index (χ3v) is 9.18. The van der Waals surface area contributed by atoms with Crippen molar-refractivity contribution in [1.29, 1.82) is 0 Å². The van der Waals surface area contributed by atoms with Gasteiger partial charge in [0.2, 0.25) is 5.91 Å². The first kappa shape index (κ1) is 26.7. The molecule has 210 valence electrons. The molecule has 0 radical (unpaired) electrons. The molecule has 2 unspecified atom stereocenters. The molecule has 1 aromatic carbocycles. The number of rotatable bonds is 6. The largest absolute Gasteiger partial charge is 0.416 e. The van der Waals surface area contributed by atoms with Crippen LogP contribution in [0.1, 0.15) is 59.5 Å². The molecule has 4 heterocycles. The number of hydrogen-bond donors (Lipinski definition) is 1. The number of ether oxygens (including phenoxy) is 1. The Kier molecular flexibility index (Phi) is 7.66. The monoisotopic (exact) mass is 542 g/mol. The normalized spacial score (nSPS) is 26.4. The number of aromatic nitrogens is 1. The summed E-state index contributed by atoms with van der Waals surface area (Å²) in [5, 5.41) is 3.35. The molecule has 9 heteroatoms. The first-order chi connectivity index (χ1) is 18.8. The minimum atomic E-state index is -4.36. The van der Waals surface area contributed by atoms with Crippen molar-refractivity contribution in [3.05, 3.63) is 64.5 Å². The lowest BCUT2D eigenvalue weighted by atomic mass is 9.89. The van der Waals surface area contributed by atoms with E-state index < -0.39 is 11.7 Å². The molecular weight excluding hydrogens is 505 g/mol. The van der Waals surface area contributed by atoms with Gasteiger partial charge in [-0.25, -0.2) is 0 Å². The highest BCUT2D eigenvalue weighted by Gasteiger charge is 2.40. The van der Waals surface area contributed by atoms with E-state index in [2.05, 4.69) is 16.3 Å². The van der Waals surface area contributed by atoms with Crippen molar-refractivity contribution < 1.29 is 22.7 Å². The van der Waals surface area contributed by atoms with E-state index in [0.717, 1.165) is 70.0 Å². The number of likely N-dealkylation sites (tertiary alicyclic amines) is 1. The molecule has 0 bridgehead atoms. The third kappa shape index (κ3) is 6.00. The molecule has 39 heavy (non-hydrogen) atoms. The van der Waals surface area contributed by atoms with Gasteiger partial charge >= 0.3 is 6.18 Å². The number of benzene rings is 1. The molecule has 1 N–H and O–H groups in total. The first-order valence-corrected chi connectivity index (χ1v) is 14.3. The fourth-order valence-electron chi connectivity index (χ4n) is 7.13. The summed E-state index contributed by atoms with van der Waals surface area (Å²) in [4.78, 5) is 22.5. The van der Waals surface area contributed by atoms with Gasteiger partial charge in [0.25, 0.3) is 0 Å². The van der Waals surface area contributed by atoms with Crippen molar-refractivity contribution >= 4 is 5.91 Å². The van der Waals surface area contributed by atoms with Gasteiger partial charge in [-0.15, -0.1) is 0 Å². The second-order valence-electron chi connectivity index (χ2n) is 11.7. The minimum absolute atomic E-state index is 0.0424. The van der Waals surface area contributed by atoms with E-state index in [4.69, 9.17) is 9.72 Å². The van der Waals surface area contributed by atoms with E-state index >= 15 is 0 Å². The molecule has 2 saturated heterocycles. The summed E-state index contributed by atoms with van der Waals surface area (Å²) in [7, 11) is 0. The van der Waals surface area contributed by atoms with E-state index in [-0.39, 0.29) is 18.5 Å². The Balaban J connectivity index is 1.11. The zero-order valence-corrected chi connectivity index (χ0v) is 22.3. The summed E-state index contributed by atoms with van der Waals surface area (Å²) in [6.45, 7) is 4.60. The number of pyridine rings is 1. The minimum Gasteiger partial charge on any atom is -0.381 e. The Morgan fingerprint density at radius 3 is 2.72 bits per heavy atom. The van der Waals surface area contributed by atoms with E-state index in [9.17, 15) is 18.0 Å². The molecule has 3 aliphatic heterocycles. The number of aryl methyl sites for hydroxylation is 1. The van der Waals surface area contributed by atoms with Gasteiger partial charge < -0.3 is 10.1 Å². The predicted molar refractivity (Wildman–Crippen MR) is 141 cm³/mol. The Labute approximate surface area is 227 Å². The SMILES string of the molecule is O=C(CN1CCc2ccc(C(F)(F)F)cc2C1)NC1CN(C2CCOCC2)C[C@@H]1CC1CCc2cccnc21. The molecule has 0 saturated carbocycles. The highest BCUT2D eigenvalue weighted by atomic mass is 19.4. The van der Waals surface area contributed by atoms with Gasteiger partial charge in [0.15, 0.2) is 0 Å². The van der Waals surface area contributed by atoms with E-state index in [1.807, 2.05) is 17.2 Å². The van der Waals surface area contributed by atoms with Crippen molar-refractivity contribution in [3.63, 3.8) is 0 Å². The van der Waals surface area contributed by atoms with E-state index in [0.29, 0.717) is 43.0 Å². The Morgan fingerprint density at radius 1 is 1.05 bits per heavy atom. The van der Waals surface area contributed by atoms with Crippen LogP contribution >= 0.6 is 0 Å². The number of hydrogen-bond acceptors (Lipinski definition) is 5. The number of fused-ring (bicyclic) bond motifs is 2. The summed E-state index contributed by atoms with van der Waals surface area (Å²) in [5.41, 5.74) is 3.55. The summed E-state index contributed by atoms with van der Waals surface area (Å²) in [6.07, 6.45) is 3.39. The molecule has 4 aliphatic rings. The van der Waals surface area contributed by atoms with Gasteiger partial charge in [-0.05, 0) is 79.3 Å². The lowest BCUT2D eigenvalue weighted by molar-refractivity contribution is -0.137. The fraction of sp³-hybridized carbons (Fsp3) is 0.600. The molecule has 1 aromatic heterocycles. The van der Waals surface area contributed by atoms with Crippen LogP contribution in [0.4, 0.5) is 13.2 Å². The van der Waals surface area contributed by atoms with E-state index in [1.165, 1.54) is 17.3 Å². The van der Waals surface area contributed by atoms with Crippen LogP contribution in [-0.4, -0.2) is 72.2 Å². The van der Waals surface area contributed by atoms with Crippen LogP contribution in [0.3, 0.4) is 0 Å². The Hall–Kier alpha value is -2.49. The van der Waals surface area contributed by atoms with Crippen LogP contribution in [0.5, 0.6) is 0 Å². The van der Waals surface area contributed by atoms with Gasteiger partial charge in [0.1, 0.15) is 0 Å². The van der Waals surface area contributed by atoms with Gasteiger partial charge in [-0.3, -0.25) is 19.6 Å². The number of carbonyl (C=O) groups is 1. The van der Waals surface area contributed by atoms with Gasteiger partial charge in [0, 0.05) is 69.3 Å². The van der Waals surface area contributed by atoms with Crippen molar-refractivity contribution in [2.75, 3.05) is 39.4 Å². The maximum absolute atomic E-state index is 13.3. The number of carbonyl (C=O) groups excluding carboxylic acids is 1. The fourth-order valence-corrected chi connectivity index (χ4v) is 7.13. The molecular formula is C30H37F3N4O2. The molecule has 6 nitrogen and oxygen atoms in total. The number of halogens is 3. The number of nitrogens with zero attached hydrogens (tertiary/aromatic N) is 3. The van der Waals surface area contributed by atoms with Gasteiger partial charge in [0.05, 0.1) is 12.1 Å². The van der Waals surface area contributed by atoms with Crippen LogP contribution in [0.15, 0.2) is 36.5 Å².